The Balaban J connectivity index is 0.00000364. The van der Waals surface area contributed by atoms with Crippen molar-refractivity contribution in [2.45, 2.75) is 26.8 Å². The van der Waals surface area contributed by atoms with E-state index in [0.717, 1.165) is 43.4 Å². The Hall–Kier alpha value is -1.39. The van der Waals surface area contributed by atoms with Crippen LogP contribution in [0.5, 0.6) is 0 Å². The molecule has 1 aromatic carbocycles. The number of anilines is 1. The second-order valence-electron chi connectivity index (χ2n) is 5.97. The lowest BCUT2D eigenvalue weighted by Crippen LogP contribution is -2.37. The van der Waals surface area contributed by atoms with Gasteiger partial charge >= 0.3 is 0 Å². The molecule has 27 heavy (non-hydrogen) atoms. The molecule has 0 radical (unpaired) electrons. The van der Waals surface area contributed by atoms with E-state index in [1.165, 1.54) is 15.4 Å². The summed E-state index contributed by atoms with van der Waals surface area (Å²) < 4.78 is 5.04. The van der Waals surface area contributed by atoms with Gasteiger partial charge in [-0.1, -0.05) is 12.1 Å². The molecule has 0 aliphatic heterocycles. The number of hydrogen-bond donors (Lipinski definition) is 3. The van der Waals surface area contributed by atoms with Crippen LogP contribution in [0, 0.1) is 13.8 Å². The number of hydrogen-bond acceptors (Lipinski definition) is 5. The molecule has 150 valence electrons. The molecule has 0 aliphatic carbocycles. The van der Waals surface area contributed by atoms with Gasteiger partial charge in [0.2, 0.25) is 0 Å². The maximum atomic E-state index is 5.04. The van der Waals surface area contributed by atoms with Crippen molar-refractivity contribution < 1.29 is 4.74 Å². The third-order valence-corrected chi connectivity index (χ3v) is 5.11. The van der Waals surface area contributed by atoms with Gasteiger partial charge in [0.25, 0.3) is 0 Å². The lowest BCUT2D eigenvalue weighted by molar-refractivity contribution is 0.211. The second kappa shape index (κ2) is 12.9. The molecule has 0 saturated heterocycles. The first-order chi connectivity index (χ1) is 12.6. The number of aromatic nitrogens is 1. The van der Waals surface area contributed by atoms with Gasteiger partial charge in [0, 0.05) is 50.8 Å². The standard InChI is InChI=1S/C19H29N5OS.HI/c1-14-15(2)26-18(24-14)9-10-22-19(20-3)23-13-16-5-7-17(8-6-16)21-11-12-25-4;/h5-8,21H,9-13H2,1-4H3,(H2,20,22,23);1H. The Labute approximate surface area is 183 Å². The number of aliphatic imine (C=N–C) groups is 1. The van der Waals surface area contributed by atoms with Crippen molar-refractivity contribution in [3.05, 3.63) is 45.4 Å². The normalized spacial score (nSPS) is 11.0. The predicted molar refractivity (Wildman–Crippen MR) is 126 cm³/mol. The van der Waals surface area contributed by atoms with Crippen LogP contribution in [-0.4, -0.2) is 44.8 Å². The molecule has 1 aromatic heterocycles. The number of thiazole rings is 1. The summed E-state index contributed by atoms with van der Waals surface area (Å²) in [6.07, 6.45) is 0.905. The Bertz CT molecular complexity index is 683. The second-order valence-corrected chi connectivity index (χ2v) is 7.26. The number of benzene rings is 1. The molecule has 0 amide bonds. The van der Waals surface area contributed by atoms with Crippen LogP contribution in [0.2, 0.25) is 0 Å². The van der Waals surface area contributed by atoms with E-state index in [-0.39, 0.29) is 24.0 Å². The van der Waals surface area contributed by atoms with Crippen molar-refractivity contribution in [1.29, 1.82) is 0 Å². The summed E-state index contributed by atoms with van der Waals surface area (Å²) >= 11 is 1.77. The molecule has 0 saturated carbocycles. The van der Waals surface area contributed by atoms with Gasteiger partial charge in [0.05, 0.1) is 17.3 Å². The van der Waals surface area contributed by atoms with Gasteiger partial charge < -0.3 is 20.7 Å². The maximum Gasteiger partial charge on any atom is 0.191 e. The van der Waals surface area contributed by atoms with E-state index in [0.29, 0.717) is 6.61 Å². The number of halogens is 1. The van der Waals surface area contributed by atoms with Crippen molar-refractivity contribution in [3.8, 4) is 0 Å². The van der Waals surface area contributed by atoms with Gasteiger partial charge in [0.1, 0.15) is 0 Å². The minimum absolute atomic E-state index is 0. The Morgan fingerprint density at radius 3 is 2.48 bits per heavy atom. The molecule has 0 atom stereocenters. The molecule has 6 nitrogen and oxygen atoms in total. The Morgan fingerprint density at radius 1 is 1.15 bits per heavy atom. The van der Waals surface area contributed by atoms with Crippen molar-refractivity contribution in [3.63, 3.8) is 0 Å². The highest BCUT2D eigenvalue weighted by Crippen LogP contribution is 2.16. The van der Waals surface area contributed by atoms with Crippen LogP contribution in [0.4, 0.5) is 5.69 Å². The highest BCUT2D eigenvalue weighted by molar-refractivity contribution is 14.0. The zero-order chi connectivity index (χ0) is 18.8. The zero-order valence-electron chi connectivity index (χ0n) is 16.5. The highest BCUT2D eigenvalue weighted by atomic mass is 127. The lowest BCUT2D eigenvalue weighted by Gasteiger charge is -2.12. The number of nitrogens with one attached hydrogen (secondary N) is 3. The first-order valence-corrected chi connectivity index (χ1v) is 9.63. The van der Waals surface area contributed by atoms with Crippen LogP contribution in [-0.2, 0) is 17.7 Å². The fraction of sp³-hybridized carbons (Fsp3) is 0.474. The molecule has 0 fully saturated rings. The smallest absolute Gasteiger partial charge is 0.191 e. The van der Waals surface area contributed by atoms with Gasteiger partial charge in [-0.3, -0.25) is 4.99 Å². The van der Waals surface area contributed by atoms with E-state index in [2.05, 4.69) is 64.0 Å². The van der Waals surface area contributed by atoms with E-state index in [1.807, 2.05) is 0 Å². The van der Waals surface area contributed by atoms with E-state index < -0.39 is 0 Å². The number of aryl methyl sites for hydroxylation is 2. The summed E-state index contributed by atoms with van der Waals surface area (Å²) in [5.41, 5.74) is 3.44. The van der Waals surface area contributed by atoms with Crippen molar-refractivity contribution in [2.75, 3.05) is 39.2 Å². The third-order valence-electron chi connectivity index (χ3n) is 3.98. The van der Waals surface area contributed by atoms with Crippen molar-refractivity contribution >= 4 is 47.0 Å². The molecule has 0 aliphatic rings. The topological polar surface area (TPSA) is 70.6 Å². The number of methoxy groups -OCH3 is 1. The fourth-order valence-corrected chi connectivity index (χ4v) is 3.31. The summed E-state index contributed by atoms with van der Waals surface area (Å²) in [5, 5.41) is 11.2. The summed E-state index contributed by atoms with van der Waals surface area (Å²) in [7, 11) is 3.49. The largest absolute Gasteiger partial charge is 0.383 e. The van der Waals surface area contributed by atoms with Crippen molar-refractivity contribution in [1.82, 2.24) is 15.6 Å². The minimum Gasteiger partial charge on any atom is -0.383 e. The number of guanidine groups is 1. The molecule has 2 aromatic rings. The molecule has 2 rings (SSSR count). The first-order valence-electron chi connectivity index (χ1n) is 8.81. The van der Waals surface area contributed by atoms with Crippen LogP contribution in [0.15, 0.2) is 29.3 Å². The quantitative estimate of drug-likeness (QED) is 0.212. The van der Waals surface area contributed by atoms with Crippen LogP contribution in [0.1, 0.15) is 21.1 Å². The van der Waals surface area contributed by atoms with Gasteiger partial charge in [-0.2, -0.15) is 0 Å². The molecule has 0 spiro atoms. The monoisotopic (exact) mass is 503 g/mol. The van der Waals surface area contributed by atoms with Gasteiger partial charge in [0.15, 0.2) is 5.96 Å². The number of rotatable bonds is 9. The average Bonchev–Trinajstić information content (AvgIpc) is 2.97. The first kappa shape index (κ1) is 23.6. The minimum atomic E-state index is 0. The average molecular weight is 503 g/mol. The van der Waals surface area contributed by atoms with E-state index in [1.54, 1.807) is 25.5 Å². The SMILES string of the molecule is CN=C(NCCc1nc(C)c(C)s1)NCc1ccc(NCCOC)cc1.I. The van der Waals surface area contributed by atoms with Crippen LogP contribution in [0.25, 0.3) is 0 Å². The van der Waals surface area contributed by atoms with E-state index in [9.17, 15) is 0 Å². The summed E-state index contributed by atoms with van der Waals surface area (Å²) in [6, 6.07) is 8.37. The van der Waals surface area contributed by atoms with Crippen LogP contribution in [0.3, 0.4) is 0 Å². The van der Waals surface area contributed by atoms with Crippen molar-refractivity contribution in [2.24, 2.45) is 4.99 Å². The molecule has 3 N–H and O–H groups in total. The highest BCUT2D eigenvalue weighted by Gasteiger charge is 2.04. The van der Waals surface area contributed by atoms with Gasteiger partial charge in [-0.05, 0) is 31.5 Å². The lowest BCUT2D eigenvalue weighted by atomic mass is 10.2. The molecule has 8 heteroatoms. The summed E-state index contributed by atoms with van der Waals surface area (Å²) in [5.74, 6) is 0.803. The maximum absolute atomic E-state index is 5.04. The molecule has 1 heterocycles. The van der Waals surface area contributed by atoms with E-state index >= 15 is 0 Å². The van der Waals surface area contributed by atoms with Gasteiger partial charge in [-0.15, -0.1) is 35.3 Å². The zero-order valence-corrected chi connectivity index (χ0v) is 19.6. The van der Waals surface area contributed by atoms with Gasteiger partial charge in [-0.25, -0.2) is 4.98 Å². The Kier molecular flexibility index (Phi) is 11.3. The van der Waals surface area contributed by atoms with E-state index in [4.69, 9.17) is 4.74 Å². The summed E-state index contributed by atoms with van der Waals surface area (Å²) in [4.78, 5) is 10.1. The number of nitrogens with zero attached hydrogens (tertiary/aromatic N) is 2. The number of ether oxygens (including phenoxy) is 1. The van der Waals surface area contributed by atoms with Crippen LogP contribution < -0.4 is 16.0 Å². The molecule has 0 unspecified atom stereocenters. The van der Waals surface area contributed by atoms with Crippen LogP contribution >= 0.6 is 35.3 Å². The Morgan fingerprint density at radius 2 is 1.89 bits per heavy atom. The summed E-state index contributed by atoms with van der Waals surface area (Å²) in [6.45, 7) is 7.22. The predicted octanol–water partition coefficient (Wildman–Crippen LogP) is 3.34. The molecule has 0 bridgehead atoms. The molecular weight excluding hydrogens is 473 g/mol. The molecular formula is C19H30IN5OS. The third kappa shape index (κ3) is 8.44. The fourth-order valence-electron chi connectivity index (χ4n) is 2.38.